The number of anilines is 2. The molecule has 1 heterocycles. The minimum absolute atomic E-state index is 0.272. The summed E-state index contributed by atoms with van der Waals surface area (Å²) in [6.07, 6.45) is 4.13. The maximum absolute atomic E-state index is 12.5. The Bertz CT molecular complexity index is 746. The van der Waals surface area contributed by atoms with Crippen molar-refractivity contribution in [1.82, 2.24) is 4.98 Å². The van der Waals surface area contributed by atoms with Crippen LogP contribution in [0, 0.1) is 0 Å². The molecule has 2 N–H and O–H groups in total. The van der Waals surface area contributed by atoms with Crippen molar-refractivity contribution in [3.8, 4) is 0 Å². The Morgan fingerprint density at radius 3 is 2.68 bits per heavy atom. The Morgan fingerprint density at radius 1 is 1.20 bits per heavy atom. The van der Waals surface area contributed by atoms with Crippen LogP contribution in [-0.2, 0) is 4.74 Å². The van der Waals surface area contributed by atoms with E-state index < -0.39 is 5.97 Å². The van der Waals surface area contributed by atoms with E-state index in [2.05, 4.69) is 29.5 Å². The summed E-state index contributed by atoms with van der Waals surface area (Å²) in [4.78, 5) is 28.6. The number of pyridine rings is 1. The molecule has 2 aromatic rings. The van der Waals surface area contributed by atoms with Crippen LogP contribution in [0.5, 0.6) is 0 Å². The number of carbonyl (C=O) groups excluding carboxylic acids is 2. The normalized spacial score (nSPS) is 11.5. The molecule has 0 bridgehead atoms. The average molecular weight is 341 g/mol. The van der Waals surface area contributed by atoms with Crippen molar-refractivity contribution in [2.24, 2.45) is 0 Å². The summed E-state index contributed by atoms with van der Waals surface area (Å²) in [5.41, 5.74) is 1.92. The number of ether oxygens (including phenoxy) is 1. The van der Waals surface area contributed by atoms with Gasteiger partial charge in [0.1, 0.15) is 0 Å². The lowest BCUT2D eigenvalue weighted by molar-refractivity contribution is 0.0527. The fraction of sp³-hybridized carbons (Fsp3) is 0.316. The molecule has 0 radical (unpaired) electrons. The van der Waals surface area contributed by atoms with Crippen LogP contribution in [0.25, 0.3) is 0 Å². The number of carbonyl (C=O) groups is 2. The Morgan fingerprint density at radius 2 is 1.96 bits per heavy atom. The number of esters is 1. The zero-order chi connectivity index (χ0) is 18.2. The van der Waals surface area contributed by atoms with Crippen LogP contribution in [-0.4, -0.2) is 29.5 Å². The Kier molecular flexibility index (Phi) is 6.51. The van der Waals surface area contributed by atoms with Gasteiger partial charge in [-0.15, -0.1) is 0 Å². The minimum atomic E-state index is -0.469. The van der Waals surface area contributed by atoms with Gasteiger partial charge in [-0.2, -0.15) is 0 Å². The second kappa shape index (κ2) is 8.82. The number of hydrogen-bond acceptors (Lipinski definition) is 5. The number of hydrogen-bond donors (Lipinski definition) is 2. The van der Waals surface area contributed by atoms with Crippen LogP contribution in [0.3, 0.4) is 0 Å². The van der Waals surface area contributed by atoms with Gasteiger partial charge in [0.25, 0.3) is 5.91 Å². The molecule has 2 rings (SSSR count). The van der Waals surface area contributed by atoms with E-state index in [1.165, 1.54) is 6.20 Å². The van der Waals surface area contributed by atoms with Crippen LogP contribution in [0.4, 0.5) is 11.4 Å². The highest BCUT2D eigenvalue weighted by Gasteiger charge is 2.15. The SMILES string of the molecule is CCOC(=O)c1ccccc1NC(=O)c1cncc(NC(C)CC)c1. The van der Waals surface area contributed by atoms with Crippen LogP contribution in [0.1, 0.15) is 47.9 Å². The van der Waals surface area contributed by atoms with Crippen molar-refractivity contribution in [1.29, 1.82) is 0 Å². The number of rotatable bonds is 7. The van der Waals surface area contributed by atoms with Gasteiger partial charge < -0.3 is 15.4 Å². The number of para-hydroxylation sites is 1. The second-order valence-electron chi connectivity index (χ2n) is 5.64. The van der Waals surface area contributed by atoms with Gasteiger partial charge in [-0.25, -0.2) is 4.79 Å². The van der Waals surface area contributed by atoms with E-state index in [0.717, 1.165) is 12.1 Å². The van der Waals surface area contributed by atoms with Crippen molar-refractivity contribution in [2.45, 2.75) is 33.2 Å². The molecule has 0 saturated heterocycles. The fourth-order valence-electron chi connectivity index (χ4n) is 2.20. The molecule has 1 aromatic carbocycles. The van der Waals surface area contributed by atoms with E-state index in [1.54, 1.807) is 43.5 Å². The van der Waals surface area contributed by atoms with Crippen LogP contribution in [0.15, 0.2) is 42.7 Å². The van der Waals surface area contributed by atoms with E-state index in [9.17, 15) is 9.59 Å². The highest BCUT2D eigenvalue weighted by Crippen LogP contribution is 2.18. The van der Waals surface area contributed by atoms with Crippen molar-refractivity contribution in [2.75, 3.05) is 17.2 Å². The molecule has 0 saturated carbocycles. The lowest BCUT2D eigenvalue weighted by Crippen LogP contribution is -2.17. The van der Waals surface area contributed by atoms with Gasteiger partial charge >= 0.3 is 5.97 Å². The van der Waals surface area contributed by atoms with E-state index in [0.29, 0.717) is 16.8 Å². The Balaban J connectivity index is 2.18. The number of nitrogens with one attached hydrogen (secondary N) is 2. The molecule has 0 aliphatic carbocycles. The summed E-state index contributed by atoms with van der Waals surface area (Å²) in [7, 11) is 0. The van der Waals surface area contributed by atoms with Crippen LogP contribution < -0.4 is 10.6 Å². The van der Waals surface area contributed by atoms with Gasteiger partial charge in [-0.1, -0.05) is 19.1 Å². The lowest BCUT2D eigenvalue weighted by atomic mass is 10.1. The molecule has 1 unspecified atom stereocenters. The third kappa shape index (κ3) is 5.04. The first-order valence-corrected chi connectivity index (χ1v) is 8.34. The lowest BCUT2D eigenvalue weighted by Gasteiger charge is -2.14. The van der Waals surface area contributed by atoms with E-state index in [-0.39, 0.29) is 18.6 Å². The van der Waals surface area contributed by atoms with E-state index in [1.807, 2.05) is 0 Å². The third-order valence-corrected chi connectivity index (χ3v) is 3.70. The van der Waals surface area contributed by atoms with Gasteiger partial charge in [0, 0.05) is 18.4 Å². The molecule has 0 spiro atoms. The predicted octanol–water partition coefficient (Wildman–Crippen LogP) is 3.72. The maximum Gasteiger partial charge on any atom is 0.340 e. The molecular weight excluding hydrogens is 318 g/mol. The molecule has 6 heteroatoms. The number of benzene rings is 1. The standard InChI is InChI=1S/C19H23N3O3/c1-4-13(3)21-15-10-14(11-20-12-15)18(23)22-17-9-7-6-8-16(17)19(24)25-5-2/h6-13,21H,4-5H2,1-3H3,(H,22,23). The predicted molar refractivity (Wildman–Crippen MR) is 98.0 cm³/mol. The smallest absolute Gasteiger partial charge is 0.340 e. The van der Waals surface area contributed by atoms with E-state index >= 15 is 0 Å². The number of nitrogens with zero attached hydrogens (tertiary/aromatic N) is 1. The molecule has 0 aliphatic heterocycles. The molecule has 1 amide bonds. The quantitative estimate of drug-likeness (QED) is 0.750. The van der Waals surface area contributed by atoms with Gasteiger partial charge in [-0.3, -0.25) is 9.78 Å². The molecule has 25 heavy (non-hydrogen) atoms. The minimum Gasteiger partial charge on any atom is -0.462 e. The van der Waals surface area contributed by atoms with Crippen LogP contribution >= 0.6 is 0 Å². The summed E-state index contributed by atoms with van der Waals surface area (Å²) in [5.74, 6) is -0.805. The summed E-state index contributed by atoms with van der Waals surface area (Å²) in [6, 6.07) is 8.77. The van der Waals surface area contributed by atoms with Gasteiger partial charge in [0.05, 0.1) is 29.1 Å². The number of aromatic nitrogens is 1. The Hall–Kier alpha value is -2.89. The first kappa shape index (κ1) is 18.4. The first-order chi connectivity index (χ1) is 12.0. The zero-order valence-corrected chi connectivity index (χ0v) is 14.7. The maximum atomic E-state index is 12.5. The molecule has 132 valence electrons. The van der Waals surface area contributed by atoms with Crippen molar-refractivity contribution in [3.05, 3.63) is 53.9 Å². The van der Waals surface area contributed by atoms with Crippen LogP contribution in [0.2, 0.25) is 0 Å². The topological polar surface area (TPSA) is 80.3 Å². The first-order valence-electron chi connectivity index (χ1n) is 8.34. The van der Waals surface area contributed by atoms with Crippen molar-refractivity contribution in [3.63, 3.8) is 0 Å². The highest BCUT2D eigenvalue weighted by atomic mass is 16.5. The second-order valence-corrected chi connectivity index (χ2v) is 5.64. The monoisotopic (exact) mass is 341 g/mol. The largest absolute Gasteiger partial charge is 0.462 e. The van der Waals surface area contributed by atoms with Gasteiger partial charge in [-0.05, 0) is 38.5 Å². The van der Waals surface area contributed by atoms with Gasteiger partial charge in [0.2, 0.25) is 0 Å². The highest BCUT2D eigenvalue weighted by molar-refractivity contribution is 6.08. The summed E-state index contributed by atoms with van der Waals surface area (Å²) >= 11 is 0. The summed E-state index contributed by atoms with van der Waals surface area (Å²) < 4.78 is 5.02. The summed E-state index contributed by atoms with van der Waals surface area (Å²) in [5, 5.41) is 6.03. The molecular formula is C19H23N3O3. The Labute approximate surface area is 147 Å². The fourth-order valence-corrected chi connectivity index (χ4v) is 2.20. The molecule has 0 aliphatic rings. The van der Waals surface area contributed by atoms with Gasteiger partial charge in [0.15, 0.2) is 0 Å². The average Bonchev–Trinajstić information content (AvgIpc) is 2.62. The molecule has 6 nitrogen and oxygen atoms in total. The summed E-state index contributed by atoms with van der Waals surface area (Å²) in [6.45, 7) is 6.14. The number of amides is 1. The van der Waals surface area contributed by atoms with E-state index in [4.69, 9.17) is 4.74 Å². The van der Waals surface area contributed by atoms with Crippen molar-refractivity contribution >= 4 is 23.3 Å². The third-order valence-electron chi connectivity index (χ3n) is 3.70. The molecule has 1 aromatic heterocycles. The molecule has 1 atom stereocenters. The zero-order valence-electron chi connectivity index (χ0n) is 14.7. The van der Waals surface area contributed by atoms with Crippen molar-refractivity contribution < 1.29 is 14.3 Å². The molecule has 0 fully saturated rings.